The number of benzene rings is 1. The Bertz CT molecular complexity index is 544. The van der Waals surface area contributed by atoms with E-state index in [9.17, 15) is 4.79 Å². The Morgan fingerprint density at radius 3 is 2.28 bits per heavy atom. The molecule has 140 valence electrons. The van der Waals surface area contributed by atoms with Gasteiger partial charge in [0.05, 0.1) is 14.2 Å². The number of hydrogen-bond acceptors (Lipinski definition) is 4. The predicted octanol–water partition coefficient (Wildman–Crippen LogP) is 3.03. The zero-order valence-electron chi connectivity index (χ0n) is 15.5. The summed E-state index contributed by atoms with van der Waals surface area (Å²) in [6.45, 7) is 5.16. The summed E-state index contributed by atoms with van der Waals surface area (Å²) in [5, 5.41) is 3.55. The van der Waals surface area contributed by atoms with Gasteiger partial charge in [-0.1, -0.05) is 33.1 Å². The number of unbranched alkanes of at least 4 members (excludes halogenated alkanes) is 1. The summed E-state index contributed by atoms with van der Waals surface area (Å²) in [6.07, 6.45) is 4.69. The maximum atomic E-state index is 12.2. The first-order valence-corrected chi connectivity index (χ1v) is 9.02. The average molecular weight is 368 g/mol. The van der Waals surface area contributed by atoms with Crippen molar-refractivity contribution >= 4 is 23.2 Å². The van der Waals surface area contributed by atoms with Crippen molar-refractivity contribution in [3.63, 3.8) is 0 Å². The molecule has 7 heteroatoms. The molecule has 1 aromatic rings. The van der Waals surface area contributed by atoms with Gasteiger partial charge in [0.1, 0.15) is 11.5 Å². The zero-order chi connectivity index (χ0) is 18.7. The molecule has 3 N–H and O–H groups in total. The Kier molecular flexibility index (Phi) is 9.69. The molecule has 0 spiro atoms. The normalized spacial score (nSPS) is 11.4. The molecule has 0 unspecified atom stereocenters. The highest BCUT2D eigenvalue weighted by atomic mass is 32.1. The van der Waals surface area contributed by atoms with Crippen LogP contribution in [-0.4, -0.2) is 31.8 Å². The highest BCUT2D eigenvalue weighted by Crippen LogP contribution is 2.22. The van der Waals surface area contributed by atoms with Gasteiger partial charge in [-0.15, -0.1) is 0 Å². The third-order valence-electron chi connectivity index (χ3n) is 4.00. The second kappa shape index (κ2) is 11.5. The van der Waals surface area contributed by atoms with Crippen LogP contribution in [-0.2, 0) is 0 Å². The van der Waals surface area contributed by atoms with Crippen molar-refractivity contribution in [1.29, 1.82) is 0 Å². The first-order valence-electron chi connectivity index (χ1n) is 8.61. The molecule has 1 rings (SSSR count). The van der Waals surface area contributed by atoms with Crippen LogP contribution < -0.4 is 25.6 Å². The number of carbonyl (C=O) groups is 1. The number of nitrogens with one attached hydrogen (secondary N) is 3. The lowest BCUT2D eigenvalue weighted by Crippen LogP contribution is -2.47. The van der Waals surface area contributed by atoms with Gasteiger partial charge in [0.2, 0.25) is 0 Å². The minimum atomic E-state index is -0.320. The van der Waals surface area contributed by atoms with Gasteiger partial charge >= 0.3 is 0 Å². The number of thiocarbonyl (C=S) groups is 1. The van der Waals surface area contributed by atoms with E-state index in [0.717, 1.165) is 13.0 Å². The summed E-state index contributed by atoms with van der Waals surface area (Å²) in [6, 6.07) is 4.97. The second-order valence-corrected chi connectivity index (χ2v) is 6.22. The largest absolute Gasteiger partial charge is 0.497 e. The van der Waals surface area contributed by atoms with E-state index in [1.807, 2.05) is 0 Å². The van der Waals surface area contributed by atoms with Crippen molar-refractivity contribution in [2.24, 2.45) is 5.92 Å². The van der Waals surface area contributed by atoms with Crippen molar-refractivity contribution in [2.45, 2.75) is 39.5 Å². The van der Waals surface area contributed by atoms with E-state index >= 15 is 0 Å². The highest BCUT2D eigenvalue weighted by molar-refractivity contribution is 7.80. The Hall–Kier alpha value is -2.02. The average Bonchev–Trinajstić information content (AvgIpc) is 2.65. The summed E-state index contributed by atoms with van der Waals surface area (Å²) in [5.41, 5.74) is 5.73. The number of methoxy groups -OCH3 is 2. The molecular formula is C18H29N3O3S. The summed E-state index contributed by atoms with van der Waals surface area (Å²) >= 11 is 5.21. The molecule has 0 aromatic heterocycles. The van der Waals surface area contributed by atoms with Crippen LogP contribution in [0, 0.1) is 5.92 Å². The monoisotopic (exact) mass is 367 g/mol. The number of hydrogen-bond donors (Lipinski definition) is 3. The third-order valence-corrected chi connectivity index (χ3v) is 4.24. The molecule has 6 nitrogen and oxygen atoms in total. The minimum absolute atomic E-state index is 0.320. The number of ether oxygens (including phenoxy) is 2. The molecule has 1 amide bonds. The Morgan fingerprint density at radius 2 is 1.76 bits per heavy atom. The maximum absolute atomic E-state index is 12.2. The van der Waals surface area contributed by atoms with Crippen LogP contribution >= 0.6 is 12.2 Å². The zero-order valence-corrected chi connectivity index (χ0v) is 16.3. The van der Waals surface area contributed by atoms with Crippen molar-refractivity contribution in [3.05, 3.63) is 23.8 Å². The van der Waals surface area contributed by atoms with Gasteiger partial charge in [0.15, 0.2) is 5.11 Å². The number of carbonyl (C=O) groups excluding carboxylic acids is 1. The molecule has 1 atom stereocenters. The molecule has 0 aliphatic rings. The van der Waals surface area contributed by atoms with Gasteiger partial charge < -0.3 is 14.8 Å². The molecule has 0 saturated carbocycles. The fourth-order valence-electron chi connectivity index (χ4n) is 2.35. The summed E-state index contributed by atoms with van der Waals surface area (Å²) in [7, 11) is 3.08. The van der Waals surface area contributed by atoms with E-state index in [1.165, 1.54) is 33.5 Å². The SMILES string of the molecule is CCCC[C@@H](CC)CNC(=S)NNC(=O)c1cc(OC)cc(OC)c1. The lowest BCUT2D eigenvalue weighted by molar-refractivity contribution is 0.0943. The van der Waals surface area contributed by atoms with Gasteiger partial charge in [-0.2, -0.15) is 0 Å². The molecule has 0 heterocycles. The highest BCUT2D eigenvalue weighted by Gasteiger charge is 2.11. The van der Waals surface area contributed by atoms with E-state index in [2.05, 4.69) is 30.0 Å². The van der Waals surface area contributed by atoms with Crippen molar-refractivity contribution in [1.82, 2.24) is 16.2 Å². The van der Waals surface area contributed by atoms with Gasteiger partial charge in [-0.25, -0.2) is 0 Å². The molecule has 0 aliphatic carbocycles. The first-order chi connectivity index (χ1) is 12.0. The van der Waals surface area contributed by atoms with Crippen LogP contribution in [0.15, 0.2) is 18.2 Å². The molecular weight excluding hydrogens is 338 g/mol. The predicted molar refractivity (Wildman–Crippen MR) is 104 cm³/mol. The van der Waals surface area contributed by atoms with Crippen molar-refractivity contribution in [3.8, 4) is 11.5 Å². The van der Waals surface area contributed by atoms with Crippen molar-refractivity contribution in [2.75, 3.05) is 20.8 Å². The molecule has 25 heavy (non-hydrogen) atoms. The van der Waals surface area contributed by atoms with Gasteiger partial charge in [-0.3, -0.25) is 15.6 Å². The fraction of sp³-hybridized carbons (Fsp3) is 0.556. The lowest BCUT2D eigenvalue weighted by Gasteiger charge is -2.17. The fourth-order valence-corrected chi connectivity index (χ4v) is 2.48. The quantitative estimate of drug-likeness (QED) is 0.460. The minimum Gasteiger partial charge on any atom is -0.497 e. The molecule has 0 saturated heterocycles. The Balaban J connectivity index is 2.49. The molecule has 1 aromatic carbocycles. The van der Waals surface area contributed by atoms with Crippen LogP contribution in [0.1, 0.15) is 49.9 Å². The van der Waals surface area contributed by atoms with Gasteiger partial charge in [-0.05, 0) is 36.7 Å². The molecule has 0 radical (unpaired) electrons. The Labute approximate surface area is 155 Å². The van der Waals surface area contributed by atoms with Crippen molar-refractivity contribution < 1.29 is 14.3 Å². The maximum Gasteiger partial charge on any atom is 0.269 e. The van der Waals surface area contributed by atoms with E-state index in [0.29, 0.717) is 28.1 Å². The smallest absolute Gasteiger partial charge is 0.269 e. The molecule has 0 fully saturated rings. The van der Waals surface area contributed by atoms with Gasteiger partial charge in [0.25, 0.3) is 5.91 Å². The Morgan fingerprint density at radius 1 is 1.12 bits per heavy atom. The number of amides is 1. The number of rotatable bonds is 9. The number of hydrazine groups is 1. The van der Waals surface area contributed by atoms with E-state index in [-0.39, 0.29) is 5.91 Å². The van der Waals surface area contributed by atoms with Crippen LogP contribution in [0.4, 0.5) is 0 Å². The summed E-state index contributed by atoms with van der Waals surface area (Å²) in [5.74, 6) is 1.36. The van der Waals surface area contributed by atoms with Crippen LogP contribution in [0.5, 0.6) is 11.5 Å². The van der Waals surface area contributed by atoms with Gasteiger partial charge in [0, 0.05) is 18.2 Å². The standard InChI is InChI=1S/C18H29N3O3S/c1-5-7-8-13(6-2)12-19-18(25)21-20-17(22)14-9-15(23-3)11-16(10-14)24-4/h9-11,13H,5-8,12H2,1-4H3,(H,20,22)(H2,19,21,25)/t13-/m1/s1. The van der Waals surface area contributed by atoms with Crippen LogP contribution in [0.25, 0.3) is 0 Å². The second-order valence-electron chi connectivity index (χ2n) is 5.81. The van der Waals surface area contributed by atoms with Crippen LogP contribution in [0.2, 0.25) is 0 Å². The molecule has 0 bridgehead atoms. The lowest BCUT2D eigenvalue weighted by atomic mass is 9.99. The summed E-state index contributed by atoms with van der Waals surface area (Å²) in [4.78, 5) is 12.2. The summed E-state index contributed by atoms with van der Waals surface area (Å²) < 4.78 is 10.3. The van der Waals surface area contributed by atoms with E-state index in [4.69, 9.17) is 21.7 Å². The van der Waals surface area contributed by atoms with E-state index < -0.39 is 0 Å². The van der Waals surface area contributed by atoms with E-state index in [1.54, 1.807) is 18.2 Å². The van der Waals surface area contributed by atoms with Crippen LogP contribution in [0.3, 0.4) is 0 Å². The molecule has 0 aliphatic heterocycles. The topological polar surface area (TPSA) is 71.6 Å². The third kappa shape index (κ3) is 7.60. The first kappa shape index (κ1) is 21.0.